The van der Waals surface area contributed by atoms with E-state index in [-0.39, 0.29) is 18.2 Å². The molecule has 0 radical (unpaired) electrons. The van der Waals surface area contributed by atoms with Gasteiger partial charge in [0.25, 0.3) is 0 Å². The Morgan fingerprint density at radius 2 is 1.96 bits per heavy atom. The summed E-state index contributed by atoms with van der Waals surface area (Å²) in [6.07, 6.45) is 0.182. The number of rotatable bonds is 4. The van der Waals surface area contributed by atoms with Crippen LogP contribution in [0.25, 0.3) is 0 Å². The quantitative estimate of drug-likeness (QED) is 0.883. The monoisotopic (exact) mass is 372 g/mol. The average Bonchev–Trinajstić information content (AvgIpc) is 2.99. The number of anilines is 2. The second-order valence-corrected chi connectivity index (χ2v) is 6.94. The lowest BCUT2D eigenvalue weighted by Gasteiger charge is -2.18. The number of aryl methyl sites for hydroxylation is 2. The first kappa shape index (κ1) is 18.3. The molecule has 6 heteroatoms. The maximum Gasteiger partial charge on any atom is 0.229 e. The Balaban J connectivity index is 1.75. The van der Waals surface area contributed by atoms with Crippen LogP contribution in [-0.2, 0) is 9.59 Å². The molecule has 3 rings (SSSR count). The van der Waals surface area contributed by atoms with Crippen LogP contribution in [0.5, 0.6) is 5.75 Å². The fraction of sp³-hybridized carbons (Fsp3) is 0.300. The highest BCUT2D eigenvalue weighted by molar-refractivity contribution is 6.31. The van der Waals surface area contributed by atoms with Gasteiger partial charge in [0.1, 0.15) is 5.75 Å². The van der Waals surface area contributed by atoms with E-state index in [1.165, 1.54) is 12.7 Å². The van der Waals surface area contributed by atoms with Crippen LogP contribution >= 0.6 is 11.6 Å². The molecule has 0 spiro atoms. The third-order valence-corrected chi connectivity index (χ3v) is 4.95. The predicted molar refractivity (Wildman–Crippen MR) is 103 cm³/mol. The van der Waals surface area contributed by atoms with Crippen molar-refractivity contribution >= 4 is 34.8 Å². The molecule has 2 amide bonds. The Kier molecular flexibility index (Phi) is 5.18. The van der Waals surface area contributed by atoms with Crippen LogP contribution in [0.2, 0.25) is 5.02 Å². The standard InChI is InChI=1S/C20H21ClN2O3/c1-12-4-6-16(8-13(12)2)23-11-14(9-19(23)24)20(25)22-17-10-15(21)5-7-18(17)26-3/h4-8,10,14H,9,11H2,1-3H3,(H,22,25). The highest BCUT2D eigenvalue weighted by Gasteiger charge is 2.35. The molecule has 0 aliphatic carbocycles. The largest absolute Gasteiger partial charge is 0.495 e. The molecule has 136 valence electrons. The highest BCUT2D eigenvalue weighted by atomic mass is 35.5. The lowest BCUT2D eigenvalue weighted by atomic mass is 10.1. The van der Waals surface area contributed by atoms with E-state index < -0.39 is 5.92 Å². The molecule has 0 bridgehead atoms. The molecule has 0 saturated carbocycles. The molecule has 2 aromatic rings. The third-order valence-electron chi connectivity index (χ3n) is 4.72. The molecule has 0 aromatic heterocycles. The van der Waals surface area contributed by atoms with E-state index in [4.69, 9.17) is 16.3 Å². The second kappa shape index (κ2) is 7.38. The average molecular weight is 373 g/mol. The summed E-state index contributed by atoms with van der Waals surface area (Å²) in [5, 5.41) is 3.33. The Bertz CT molecular complexity index is 866. The van der Waals surface area contributed by atoms with Crippen LogP contribution < -0.4 is 15.0 Å². The van der Waals surface area contributed by atoms with Crippen molar-refractivity contribution in [1.82, 2.24) is 0 Å². The smallest absolute Gasteiger partial charge is 0.229 e. The van der Waals surface area contributed by atoms with Crippen LogP contribution in [0.15, 0.2) is 36.4 Å². The van der Waals surface area contributed by atoms with Gasteiger partial charge < -0.3 is 15.0 Å². The first-order valence-electron chi connectivity index (χ1n) is 8.41. The van der Waals surface area contributed by atoms with E-state index in [2.05, 4.69) is 5.32 Å². The molecule has 26 heavy (non-hydrogen) atoms. The van der Waals surface area contributed by atoms with Gasteiger partial charge in [-0.25, -0.2) is 0 Å². The van der Waals surface area contributed by atoms with Gasteiger partial charge in [0, 0.05) is 23.7 Å². The number of carbonyl (C=O) groups excluding carboxylic acids is 2. The van der Waals surface area contributed by atoms with Crippen molar-refractivity contribution in [2.75, 3.05) is 23.9 Å². The third kappa shape index (κ3) is 3.68. The van der Waals surface area contributed by atoms with Gasteiger partial charge in [-0.1, -0.05) is 17.7 Å². The molecule has 5 nitrogen and oxygen atoms in total. The molecule has 1 aliphatic heterocycles. The summed E-state index contributed by atoms with van der Waals surface area (Å²) < 4.78 is 5.25. The zero-order valence-corrected chi connectivity index (χ0v) is 15.8. The topological polar surface area (TPSA) is 58.6 Å². The van der Waals surface area contributed by atoms with Gasteiger partial charge in [-0.05, 0) is 55.3 Å². The molecule has 1 fully saturated rings. The molecule has 1 saturated heterocycles. The second-order valence-electron chi connectivity index (χ2n) is 6.51. The Morgan fingerprint density at radius 3 is 2.65 bits per heavy atom. The summed E-state index contributed by atoms with van der Waals surface area (Å²) in [5.74, 6) is -0.164. The molecule has 1 N–H and O–H groups in total. The first-order valence-corrected chi connectivity index (χ1v) is 8.79. The maximum absolute atomic E-state index is 12.6. The van der Waals surface area contributed by atoms with Gasteiger partial charge in [0.15, 0.2) is 0 Å². The Morgan fingerprint density at radius 1 is 1.19 bits per heavy atom. The summed E-state index contributed by atoms with van der Waals surface area (Å²) in [5.41, 5.74) is 3.62. The molecular formula is C20H21ClN2O3. The lowest BCUT2D eigenvalue weighted by Crippen LogP contribution is -2.28. The zero-order valence-electron chi connectivity index (χ0n) is 15.0. The van der Waals surface area contributed by atoms with E-state index in [0.29, 0.717) is 23.0 Å². The van der Waals surface area contributed by atoms with Gasteiger partial charge in [-0.2, -0.15) is 0 Å². The van der Waals surface area contributed by atoms with E-state index >= 15 is 0 Å². The number of carbonyl (C=O) groups is 2. The van der Waals surface area contributed by atoms with Crippen molar-refractivity contribution in [3.8, 4) is 5.75 Å². The van der Waals surface area contributed by atoms with Crippen molar-refractivity contribution in [3.05, 3.63) is 52.5 Å². The van der Waals surface area contributed by atoms with Crippen LogP contribution in [0.3, 0.4) is 0 Å². The molecule has 1 aliphatic rings. The van der Waals surface area contributed by atoms with Gasteiger partial charge in [0.2, 0.25) is 11.8 Å². The fourth-order valence-electron chi connectivity index (χ4n) is 3.04. The van der Waals surface area contributed by atoms with Crippen molar-refractivity contribution in [1.29, 1.82) is 0 Å². The van der Waals surface area contributed by atoms with Crippen LogP contribution in [0.4, 0.5) is 11.4 Å². The van der Waals surface area contributed by atoms with E-state index in [1.807, 2.05) is 32.0 Å². The first-order chi connectivity index (χ1) is 12.4. The molecule has 2 aromatic carbocycles. The summed E-state index contributed by atoms with van der Waals surface area (Å²) in [7, 11) is 1.53. The van der Waals surface area contributed by atoms with E-state index in [9.17, 15) is 9.59 Å². The Labute approximate surface area is 157 Å². The highest BCUT2D eigenvalue weighted by Crippen LogP contribution is 2.31. The predicted octanol–water partition coefficient (Wildman–Crippen LogP) is 3.96. The van der Waals surface area contributed by atoms with Gasteiger partial charge >= 0.3 is 0 Å². The number of hydrogen-bond acceptors (Lipinski definition) is 3. The number of nitrogens with zero attached hydrogens (tertiary/aromatic N) is 1. The summed E-state index contributed by atoms with van der Waals surface area (Å²) in [6, 6.07) is 10.9. The molecule has 1 unspecified atom stereocenters. The summed E-state index contributed by atoms with van der Waals surface area (Å²) in [4.78, 5) is 26.7. The van der Waals surface area contributed by atoms with Gasteiger partial charge in [-0.3, -0.25) is 9.59 Å². The maximum atomic E-state index is 12.6. The number of methoxy groups -OCH3 is 1. The fourth-order valence-corrected chi connectivity index (χ4v) is 3.21. The summed E-state index contributed by atoms with van der Waals surface area (Å²) >= 11 is 6.00. The van der Waals surface area contributed by atoms with Crippen LogP contribution in [0, 0.1) is 19.8 Å². The van der Waals surface area contributed by atoms with Crippen molar-refractivity contribution in [2.45, 2.75) is 20.3 Å². The minimum Gasteiger partial charge on any atom is -0.495 e. The number of amides is 2. The van der Waals surface area contributed by atoms with Crippen LogP contribution in [0.1, 0.15) is 17.5 Å². The van der Waals surface area contributed by atoms with Gasteiger partial charge in [-0.15, -0.1) is 0 Å². The number of nitrogens with one attached hydrogen (secondary N) is 1. The minimum atomic E-state index is -0.423. The summed E-state index contributed by atoms with van der Waals surface area (Å²) in [6.45, 7) is 4.39. The molecular weight excluding hydrogens is 352 g/mol. The lowest BCUT2D eigenvalue weighted by molar-refractivity contribution is -0.122. The van der Waals surface area contributed by atoms with Gasteiger partial charge in [0.05, 0.1) is 18.7 Å². The number of hydrogen-bond donors (Lipinski definition) is 1. The van der Waals surface area contributed by atoms with Crippen molar-refractivity contribution in [2.24, 2.45) is 5.92 Å². The normalized spacial score (nSPS) is 16.7. The number of halogens is 1. The minimum absolute atomic E-state index is 0.0496. The molecule has 1 heterocycles. The number of ether oxygens (including phenoxy) is 1. The zero-order chi connectivity index (χ0) is 18.8. The van der Waals surface area contributed by atoms with E-state index in [1.54, 1.807) is 23.1 Å². The van der Waals surface area contributed by atoms with Crippen molar-refractivity contribution in [3.63, 3.8) is 0 Å². The van der Waals surface area contributed by atoms with Crippen LogP contribution in [-0.4, -0.2) is 25.5 Å². The number of benzene rings is 2. The molecule has 1 atom stereocenters. The Hall–Kier alpha value is -2.53. The van der Waals surface area contributed by atoms with Crippen molar-refractivity contribution < 1.29 is 14.3 Å². The van der Waals surface area contributed by atoms with E-state index in [0.717, 1.165) is 11.3 Å². The SMILES string of the molecule is COc1ccc(Cl)cc1NC(=O)C1CC(=O)N(c2ccc(C)c(C)c2)C1.